The van der Waals surface area contributed by atoms with Crippen LogP contribution in [-0.2, 0) is 28.5 Å². The van der Waals surface area contributed by atoms with E-state index in [4.69, 9.17) is 0 Å². The first-order valence-corrected chi connectivity index (χ1v) is 3.79. The Bertz CT molecular complexity index is 139. The molecule has 0 aromatic heterocycles. The lowest BCUT2D eigenvalue weighted by atomic mass is 10.8. The third-order valence-electron chi connectivity index (χ3n) is 0.760. The predicted molar refractivity (Wildman–Crippen MR) is 60.7 cm³/mol. The lowest BCUT2D eigenvalue weighted by Gasteiger charge is -1.95. The fraction of sp³-hybridized carbons (Fsp3) is 0.800. The second-order valence-corrected chi connectivity index (χ2v) is 2.08. The summed E-state index contributed by atoms with van der Waals surface area (Å²) in [5, 5.41) is 0. The van der Waals surface area contributed by atoms with Crippen LogP contribution in [-0.4, -0.2) is 39.7 Å². The van der Waals surface area contributed by atoms with Crippen molar-refractivity contribution in [3.05, 3.63) is 0 Å². The molecule has 0 heterocycles. The van der Waals surface area contributed by atoms with Crippen molar-refractivity contribution in [1.82, 2.24) is 0 Å². The van der Waals surface area contributed by atoms with Crippen LogP contribution in [0.2, 0.25) is 0 Å². The Balaban J connectivity index is -0.0000000800. The zero-order chi connectivity index (χ0) is 11.4. The molecule has 0 amide bonds. The van der Waals surface area contributed by atoms with Crippen LogP contribution in [0.25, 0.3) is 0 Å². The summed E-state index contributed by atoms with van der Waals surface area (Å²) >= 11 is 0. The zero-order valence-corrected chi connectivity index (χ0v) is 8.86. The van der Waals surface area contributed by atoms with E-state index < -0.39 is 0 Å². The molecular weight excluding hydrogens is 216 g/mol. The second kappa shape index (κ2) is 19.4. The van der Waals surface area contributed by atoms with Crippen LogP contribution in [0.15, 0.2) is 0 Å². The summed E-state index contributed by atoms with van der Waals surface area (Å²) in [5.41, 5.74) is 0. The Morgan fingerprint density at radius 1 is 0.812 bits per heavy atom. The molecule has 0 saturated carbocycles. The molecule has 0 bridgehead atoms. The van der Waals surface area contributed by atoms with E-state index in [-0.39, 0.29) is 40.4 Å². The van der Waals surface area contributed by atoms with Crippen LogP contribution in [0.1, 0.15) is 28.7 Å². The van der Waals surface area contributed by atoms with Gasteiger partial charge < -0.3 is 18.9 Å². The van der Waals surface area contributed by atoms with Crippen molar-refractivity contribution < 1.29 is 28.5 Å². The first-order valence-electron chi connectivity index (χ1n) is 3.79. The summed E-state index contributed by atoms with van der Waals surface area (Å²) in [5.74, 6) is -0.635. The van der Waals surface area contributed by atoms with Gasteiger partial charge in [-0.15, -0.1) is 0 Å². The fourth-order valence-electron chi connectivity index (χ4n) is 0.284. The standard InChI is InChI=1S/2C4H8O3.2CH4/c2*1-4(5)7-3-6-2;;/h2*3H2,1-2H3;2*1H4. The molecule has 0 aliphatic rings. The quantitative estimate of drug-likeness (QED) is 0.549. The number of hydrogen-bond donors (Lipinski definition) is 0. The van der Waals surface area contributed by atoms with Crippen LogP contribution in [0, 0.1) is 0 Å². The van der Waals surface area contributed by atoms with Gasteiger partial charge in [-0.1, -0.05) is 14.9 Å². The average Bonchev–Trinajstić information content (AvgIpc) is 2.12. The molecule has 0 spiro atoms. The number of hydrogen-bond acceptors (Lipinski definition) is 6. The van der Waals surface area contributed by atoms with Gasteiger partial charge in [0.15, 0.2) is 13.6 Å². The number of esters is 2. The van der Waals surface area contributed by atoms with E-state index in [2.05, 4.69) is 18.9 Å². The molecule has 0 unspecified atom stereocenters. The molecule has 6 nitrogen and oxygen atoms in total. The molecule has 0 fully saturated rings. The van der Waals surface area contributed by atoms with Crippen molar-refractivity contribution in [3.8, 4) is 0 Å². The smallest absolute Gasteiger partial charge is 0.304 e. The first-order chi connectivity index (χ1) is 6.54. The highest BCUT2D eigenvalue weighted by Gasteiger charge is 1.86. The monoisotopic (exact) mass is 240 g/mol. The molecule has 0 rings (SSSR count). The third-order valence-corrected chi connectivity index (χ3v) is 0.760. The molecule has 0 atom stereocenters. The zero-order valence-electron chi connectivity index (χ0n) is 8.86. The summed E-state index contributed by atoms with van der Waals surface area (Å²) < 4.78 is 17.5. The molecular formula is C10H24O6. The molecule has 0 N–H and O–H groups in total. The lowest BCUT2D eigenvalue weighted by molar-refractivity contribution is -0.152. The third kappa shape index (κ3) is 38.4. The van der Waals surface area contributed by atoms with Crippen molar-refractivity contribution in [1.29, 1.82) is 0 Å². The van der Waals surface area contributed by atoms with E-state index in [0.717, 1.165) is 0 Å². The van der Waals surface area contributed by atoms with Gasteiger partial charge in [0, 0.05) is 28.1 Å². The van der Waals surface area contributed by atoms with Gasteiger partial charge in [0.05, 0.1) is 0 Å². The van der Waals surface area contributed by atoms with Gasteiger partial charge in [0.2, 0.25) is 0 Å². The summed E-state index contributed by atoms with van der Waals surface area (Å²) in [6, 6.07) is 0. The van der Waals surface area contributed by atoms with Crippen LogP contribution < -0.4 is 0 Å². The van der Waals surface area contributed by atoms with Crippen molar-refractivity contribution in [2.45, 2.75) is 28.7 Å². The Morgan fingerprint density at radius 3 is 1.12 bits per heavy atom. The summed E-state index contributed by atoms with van der Waals surface area (Å²) in [4.78, 5) is 19.8. The maximum absolute atomic E-state index is 9.90. The van der Waals surface area contributed by atoms with Gasteiger partial charge in [-0.3, -0.25) is 9.59 Å². The molecule has 0 aromatic rings. The Morgan fingerprint density at radius 2 is 1.06 bits per heavy atom. The number of carbonyl (C=O) groups is 2. The van der Waals surface area contributed by atoms with E-state index in [0.29, 0.717) is 0 Å². The minimum Gasteiger partial charge on any atom is -0.439 e. The topological polar surface area (TPSA) is 71.1 Å². The molecule has 16 heavy (non-hydrogen) atoms. The largest absolute Gasteiger partial charge is 0.439 e. The van der Waals surface area contributed by atoms with Crippen LogP contribution in [0.3, 0.4) is 0 Å². The number of methoxy groups -OCH3 is 2. The van der Waals surface area contributed by atoms with Crippen molar-refractivity contribution >= 4 is 11.9 Å². The number of rotatable bonds is 4. The average molecular weight is 240 g/mol. The Kier molecular flexibility index (Phi) is 29.4. The highest BCUT2D eigenvalue weighted by molar-refractivity contribution is 5.65. The Hall–Kier alpha value is -1.14. The summed E-state index contributed by atoms with van der Waals surface area (Å²) in [6.45, 7) is 2.77. The summed E-state index contributed by atoms with van der Waals surface area (Å²) in [6.07, 6.45) is 0. The lowest BCUT2D eigenvalue weighted by Crippen LogP contribution is -2.00. The van der Waals surface area contributed by atoms with E-state index >= 15 is 0 Å². The van der Waals surface area contributed by atoms with E-state index in [1.807, 2.05) is 0 Å². The van der Waals surface area contributed by atoms with Gasteiger partial charge in [0.25, 0.3) is 0 Å². The number of carbonyl (C=O) groups excluding carboxylic acids is 2. The second-order valence-electron chi connectivity index (χ2n) is 2.08. The van der Waals surface area contributed by atoms with Crippen LogP contribution in [0.4, 0.5) is 0 Å². The van der Waals surface area contributed by atoms with E-state index in [9.17, 15) is 9.59 Å². The minimum atomic E-state index is -0.318. The maximum Gasteiger partial charge on any atom is 0.304 e. The number of ether oxygens (including phenoxy) is 4. The van der Waals surface area contributed by atoms with Crippen molar-refractivity contribution in [2.75, 3.05) is 27.8 Å². The molecule has 100 valence electrons. The van der Waals surface area contributed by atoms with Gasteiger partial charge in [-0.05, 0) is 0 Å². The molecule has 6 heteroatoms. The van der Waals surface area contributed by atoms with Crippen LogP contribution in [0.5, 0.6) is 0 Å². The predicted octanol–water partition coefficient (Wildman–Crippen LogP) is 1.58. The normalized spacial score (nSPS) is 7.25. The highest BCUT2D eigenvalue weighted by Crippen LogP contribution is 1.73. The first kappa shape index (κ1) is 24.2. The van der Waals surface area contributed by atoms with Crippen LogP contribution >= 0.6 is 0 Å². The molecule has 0 aliphatic heterocycles. The van der Waals surface area contributed by atoms with Gasteiger partial charge in [-0.25, -0.2) is 0 Å². The highest BCUT2D eigenvalue weighted by atomic mass is 16.7. The molecule has 0 aliphatic carbocycles. The van der Waals surface area contributed by atoms with E-state index in [1.165, 1.54) is 28.1 Å². The van der Waals surface area contributed by atoms with E-state index in [1.54, 1.807) is 0 Å². The Labute approximate surface area is 97.8 Å². The fourth-order valence-corrected chi connectivity index (χ4v) is 0.284. The van der Waals surface area contributed by atoms with Gasteiger partial charge >= 0.3 is 11.9 Å². The van der Waals surface area contributed by atoms with Crippen molar-refractivity contribution in [2.24, 2.45) is 0 Å². The van der Waals surface area contributed by atoms with Crippen molar-refractivity contribution in [3.63, 3.8) is 0 Å². The SMILES string of the molecule is C.C.COCOC(C)=O.COCOC(C)=O. The maximum atomic E-state index is 9.90. The molecule has 0 aromatic carbocycles. The molecule has 0 saturated heterocycles. The minimum absolute atomic E-state index is 0. The summed E-state index contributed by atoms with van der Waals surface area (Å²) in [7, 11) is 2.92. The van der Waals surface area contributed by atoms with Gasteiger partial charge in [0.1, 0.15) is 0 Å². The molecule has 0 radical (unpaired) electrons. The van der Waals surface area contributed by atoms with Gasteiger partial charge in [-0.2, -0.15) is 0 Å².